The van der Waals surface area contributed by atoms with Crippen LogP contribution >= 0.6 is 0 Å². The summed E-state index contributed by atoms with van der Waals surface area (Å²) in [6.07, 6.45) is 10.3. The maximum Gasteiger partial charge on any atom is 0.306 e. The Kier molecular flexibility index (Phi) is 5.88. The highest BCUT2D eigenvalue weighted by Gasteiger charge is 2.68. The fourth-order valence-corrected chi connectivity index (χ4v) is 5.61. The summed E-state index contributed by atoms with van der Waals surface area (Å²) in [5.74, 6) is 0.361. The molecule has 1 aliphatic heterocycles. The highest BCUT2D eigenvalue weighted by molar-refractivity contribution is 5.69. The molecule has 6 atom stereocenters. The van der Waals surface area contributed by atoms with Gasteiger partial charge in [-0.2, -0.15) is 0 Å². The molecule has 1 heterocycles. The van der Waals surface area contributed by atoms with Crippen LogP contribution in [0.3, 0.4) is 0 Å². The zero-order chi connectivity index (χ0) is 19.6. The lowest BCUT2D eigenvalue weighted by Crippen LogP contribution is -2.29. The number of rotatable bonds is 5. The minimum Gasteiger partial charge on any atom is -0.462 e. The summed E-state index contributed by atoms with van der Waals surface area (Å²) in [5, 5.41) is 21.4. The molecule has 3 aliphatic rings. The van der Waals surface area contributed by atoms with Gasteiger partial charge in [-0.25, -0.2) is 0 Å². The van der Waals surface area contributed by atoms with E-state index in [-0.39, 0.29) is 29.5 Å². The highest BCUT2D eigenvalue weighted by Crippen LogP contribution is 2.68. The molecule has 4 nitrogen and oxygen atoms in total. The summed E-state index contributed by atoms with van der Waals surface area (Å²) in [6.45, 7) is 0. The Hall–Kier alpha value is -1.65. The van der Waals surface area contributed by atoms with Crippen LogP contribution in [0.15, 0.2) is 42.5 Å². The van der Waals surface area contributed by atoms with Gasteiger partial charge in [0.2, 0.25) is 0 Å². The van der Waals surface area contributed by atoms with Crippen LogP contribution < -0.4 is 0 Å². The molecule has 1 aromatic carbocycles. The second kappa shape index (κ2) is 8.38. The van der Waals surface area contributed by atoms with Gasteiger partial charge < -0.3 is 14.9 Å². The quantitative estimate of drug-likeness (QED) is 0.599. The van der Waals surface area contributed by atoms with Gasteiger partial charge in [-0.15, -0.1) is 0 Å². The Morgan fingerprint density at radius 1 is 1.21 bits per heavy atom. The number of hydrogen-bond acceptors (Lipinski definition) is 4. The Morgan fingerprint density at radius 3 is 2.86 bits per heavy atom. The predicted octanol–water partition coefficient (Wildman–Crippen LogP) is 3.80. The first kappa shape index (κ1) is 19.7. The summed E-state index contributed by atoms with van der Waals surface area (Å²) in [7, 11) is 0. The van der Waals surface area contributed by atoms with Crippen molar-refractivity contribution >= 4 is 5.97 Å². The lowest BCUT2D eigenvalue weighted by Gasteiger charge is -2.26. The number of carbonyl (C=O) groups is 1. The molecule has 2 saturated carbocycles. The van der Waals surface area contributed by atoms with Gasteiger partial charge in [0.15, 0.2) is 0 Å². The van der Waals surface area contributed by atoms with Crippen molar-refractivity contribution in [3.63, 3.8) is 0 Å². The molecule has 2 aliphatic carbocycles. The third-order valence-electron chi connectivity index (χ3n) is 7.17. The highest BCUT2D eigenvalue weighted by atomic mass is 16.5. The lowest BCUT2D eigenvalue weighted by molar-refractivity contribution is -0.151. The second-order valence-electron chi connectivity index (χ2n) is 8.91. The number of aliphatic hydroxyl groups excluding tert-OH is 2. The first-order chi connectivity index (χ1) is 13.6. The van der Waals surface area contributed by atoms with E-state index >= 15 is 0 Å². The van der Waals surface area contributed by atoms with Crippen LogP contribution in [0.5, 0.6) is 0 Å². The largest absolute Gasteiger partial charge is 0.462 e. The number of ether oxygens (including phenoxy) is 1. The van der Waals surface area contributed by atoms with Gasteiger partial charge >= 0.3 is 5.97 Å². The van der Waals surface area contributed by atoms with Crippen LogP contribution in [-0.4, -0.2) is 34.5 Å². The van der Waals surface area contributed by atoms with Crippen molar-refractivity contribution < 1.29 is 19.7 Å². The van der Waals surface area contributed by atoms with Crippen molar-refractivity contribution in [1.29, 1.82) is 0 Å². The van der Waals surface area contributed by atoms with E-state index in [4.69, 9.17) is 4.74 Å². The van der Waals surface area contributed by atoms with Crippen LogP contribution in [0.25, 0.3) is 0 Å². The zero-order valence-corrected chi connectivity index (χ0v) is 16.5. The van der Waals surface area contributed by atoms with Crippen molar-refractivity contribution in [3.8, 4) is 0 Å². The van der Waals surface area contributed by atoms with Gasteiger partial charge in [0, 0.05) is 24.2 Å². The van der Waals surface area contributed by atoms with E-state index in [2.05, 4.69) is 24.3 Å². The monoisotopic (exact) mass is 384 g/mol. The fraction of sp³-hybridized carbons (Fsp3) is 0.625. The molecule has 2 N–H and O–H groups in total. The van der Waals surface area contributed by atoms with E-state index in [1.54, 1.807) is 0 Å². The number of hydrogen-bond donors (Lipinski definition) is 2. The molecule has 28 heavy (non-hydrogen) atoms. The Morgan fingerprint density at radius 2 is 2.04 bits per heavy atom. The van der Waals surface area contributed by atoms with Crippen molar-refractivity contribution in [2.75, 3.05) is 0 Å². The van der Waals surface area contributed by atoms with Gasteiger partial charge in [0.25, 0.3) is 0 Å². The molecule has 0 saturated heterocycles. The summed E-state index contributed by atoms with van der Waals surface area (Å²) >= 11 is 0. The Labute approximate surface area is 167 Å². The SMILES string of the molecule is O=C1CCC/C=C\C[C@H]2[C@H](C[C@@H](O)C23CC3C[C@@H](O)CCc2ccccc2)O1. The number of aliphatic hydroxyl groups is 2. The van der Waals surface area contributed by atoms with Crippen LogP contribution in [0.4, 0.5) is 0 Å². The summed E-state index contributed by atoms with van der Waals surface area (Å²) < 4.78 is 5.76. The van der Waals surface area contributed by atoms with Crippen LogP contribution in [0.1, 0.15) is 56.9 Å². The normalized spacial score (nSPS) is 37.1. The number of carbonyl (C=O) groups excluding carboxylic acids is 1. The maximum atomic E-state index is 12.1. The minimum atomic E-state index is -0.434. The van der Waals surface area contributed by atoms with E-state index < -0.39 is 6.10 Å². The van der Waals surface area contributed by atoms with Crippen molar-refractivity contribution in [3.05, 3.63) is 48.0 Å². The van der Waals surface area contributed by atoms with E-state index in [1.807, 2.05) is 18.2 Å². The molecule has 0 radical (unpaired) electrons. The first-order valence-electron chi connectivity index (χ1n) is 10.8. The van der Waals surface area contributed by atoms with Gasteiger partial charge in [-0.05, 0) is 56.4 Å². The molecule has 2 unspecified atom stereocenters. The molecular weight excluding hydrogens is 352 g/mol. The molecule has 1 aromatic rings. The second-order valence-corrected chi connectivity index (χ2v) is 8.91. The van der Waals surface area contributed by atoms with E-state index in [9.17, 15) is 15.0 Å². The van der Waals surface area contributed by atoms with Crippen LogP contribution in [-0.2, 0) is 16.0 Å². The van der Waals surface area contributed by atoms with Gasteiger partial charge in [-0.3, -0.25) is 4.79 Å². The van der Waals surface area contributed by atoms with E-state index in [0.717, 1.165) is 44.9 Å². The average Bonchev–Trinajstić information content (AvgIpc) is 3.33. The standard InChI is InChI=1S/C24H32O4/c25-19(13-12-17-8-4-3-5-9-17)14-18-16-24(18)20-10-6-1-2-7-11-23(27)28-21(20)15-22(24)26/h1,3-6,8-9,18-22,25-26H,2,7,10-16H2/b6-1-/t18?,19-,20-,21-,22+,24?/m0/s1. The fourth-order valence-electron chi connectivity index (χ4n) is 5.61. The van der Waals surface area contributed by atoms with Crippen LogP contribution in [0, 0.1) is 17.3 Å². The number of fused-ring (bicyclic) bond motifs is 2. The summed E-state index contributed by atoms with van der Waals surface area (Å²) in [4.78, 5) is 12.1. The summed E-state index contributed by atoms with van der Waals surface area (Å²) in [5.41, 5.74) is 1.07. The smallest absolute Gasteiger partial charge is 0.306 e. The number of benzene rings is 1. The molecular formula is C24H32O4. The van der Waals surface area contributed by atoms with E-state index in [0.29, 0.717) is 18.8 Å². The van der Waals surface area contributed by atoms with Crippen molar-refractivity contribution in [2.24, 2.45) is 17.3 Å². The minimum absolute atomic E-state index is 0.130. The van der Waals surface area contributed by atoms with Crippen molar-refractivity contribution in [2.45, 2.75) is 76.1 Å². The number of allylic oxidation sites excluding steroid dienone is 2. The molecule has 0 amide bonds. The van der Waals surface area contributed by atoms with Gasteiger partial charge in [0.05, 0.1) is 12.2 Å². The molecule has 2 fully saturated rings. The Balaban J connectivity index is 1.38. The molecule has 1 spiro atoms. The predicted molar refractivity (Wildman–Crippen MR) is 108 cm³/mol. The average molecular weight is 385 g/mol. The maximum absolute atomic E-state index is 12.1. The first-order valence-corrected chi connectivity index (χ1v) is 10.8. The number of esters is 1. The molecule has 0 aromatic heterocycles. The molecule has 4 rings (SSSR count). The summed E-state index contributed by atoms with van der Waals surface area (Å²) in [6, 6.07) is 10.3. The Bertz CT molecular complexity index is 700. The number of aryl methyl sites for hydroxylation is 1. The molecule has 4 heteroatoms. The topological polar surface area (TPSA) is 66.8 Å². The molecule has 152 valence electrons. The molecule has 0 bridgehead atoms. The zero-order valence-electron chi connectivity index (χ0n) is 16.5. The van der Waals surface area contributed by atoms with Gasteiger partial charge in [0.1, 0.15) is 6.10 Å². The van der Waals surface area contributed by atoms with Crippen molar-refractivity contribution in [1.82, 2.24) is 0 Å². The third-order valence-corrected chi connectivity index (χ3v) is 7.17. The van der Waals surface area contributed by atoms with Gasteiger partial charge in [-0.1, -0.05) is 42.5 Å². The lowest BCUT2D eigenvalue weighted by atomic mass is 9.83. The van der Waals surface area contributed by atoms with Crippen LogP contribution in [0.2, 0.25) is 0 Å². The van der Waals surface area contributed by atoms with E-state index in [1.165, 1.54) is 5.56 Å². The third kappa shape index (κ3) is 4.04.